The van der Waals surface area contributed by atoms with E-state index in [4.69, 9.17) is 5.11 Å². The summed E-state index contributed by atoms with van der Waals surface area (Å²) < 4.78 is 0. The molecule has 0 spiro atoms. The molecule has 1 amide bonds. The lowest BCUT2D eigenvalue weighted by Gasteiger charge is -2.06. The van der Waals surface area contributed by atoms with Crippen LogP contribution in [0.1, 0.15) is 25.5 Å². The number of aromatic amines is 1. The summed E-state index contributed by atoms with van der Waals surface area (Å²) in [5.74, 6) is -1.24. The summed E-state index contributed by atoms with van der Waals surface area (Å²) >= 11 is 0. The fourth-order valence-corrected chi connectivity index (χ4v) is 1.38. The molecule has 0 aliphatic rings. The van der Waals surface area contributed by atoms with Crippen molar-refractivity contribution >= 4 is 11.9 Å². The number of nitrogens with zero attached hydrogens (tertiary/aromatic N) is 1. The Morgan fingerprint density at radius 1 is 1.59 bits per heavy atom. The smallest absolute Gasteiger partial charge is 0.306 e. The van der Waals surface area contributed by atoms with Crippen molar-refractivity contribution in [3.8, 4) is 0 Å². The van der Waals surface area contributed by atoms with Crippen LogP contribution in [0.15, 0.2) is 12.3 Å². The van der Waals surface area contributed by atoms with Gasteiger partial charge in [0.1, 0.15) is 0 Å². The van der Waals surface area contributed by atoms with Crippen molar-refractivity contribution in [2.75, 3.05) is 6.54 Å². The largest absolute Gasteiger partial charge is 0.481 e. The molecule has 6 nitrogen and oxygen atoms in total. The van der Waals surface area contributed by atoms with Gasteiger partial charge < -0.3 is 10.4 Å². The molecule has 0 saturated heterocycles. The minimum absolute atomic E-state index is 0.0859. The van der Waals surface area contributed by atoms with Crippen molar-refractivity contribution in [1.82, 2.24) is 15.5 Å². The number of H-pyrrole nitrogens is 1. The second-order valence-corrected chi connectivity index (χ2v) is 3.99. The Kier molecular flexibility index (Phi) is 5.19. The second-order valence-electron chi connectivity index (χ2n) is 3.99. The van der Waals surface area contributed by atoms with Gasteiger partial charge >= 0.3 is 5.97 Å². The van der Waals surface area contributed by atoms with E-state index < -0.39 is 5.97 Å². The number of hydrogen-bond acceptors (Lipinski definition) is 3. The van der Waals surface area contributed by atoms with Crippen molar-refractivity contribution < 1.29 is 14.7 Å². The van der Waals surface area contributed by atoms with Gasteiger partial charge in [-0.15, -0.1) is 0 Å². The number of carbonyl (C=O) groups excluding carboxylic acids is 1. The minimum Gasteiger partial charge on any atom is -0.481 e. The summed E-state index contributed by atoms with van der Waals surface area (Å²) in [6.07, 6.45) is 3.10. The van der Waals surface area contributed by atoms with E-state index in [2.05, 4.69) is 15.5 Å². The lowest BCUT2D eigenvalue weighted by Crippen LogP contribution is -2.26. The zero-order valence-electron chi connectivity index (χ0n) is 9.77. The molecule has 94 valence electrons. The van der Waals surface area contributed by atoms with Crippen molar-refractivity contribution in [2.45, 2.75) is 26.2 Å². The normalized spacial score (nSPS) is 12.1. The van der Waals surface area contributed by atoms with Gasteiger partial charge in [0.25, 0.3) is 0 Å². The molecule has 3 N–H and O–H groups in total. The van der Waals surface area contributed by atoms with Crippen LogP contribution in [0.3, 0.4) is 0 Å². The third-order valence-corrected chi connectivity index (χ3v) is 2.47. The summed E-state index contributed by atoms with van der Waals surface area (Å²) in [7, 11) is 0. The van der Waals surface area contributed by atoms with E-state index in [1.54, 1.807) is 19.2 Å². The van der Waals surface area contributed by atoms with Crippen molar-refractivity contribution in [2.24, 2.45) is 5.92 Å². The van der Waals surface area contributed by atoms with E-state index in [1.807, 2.05) is 0 Å². The molecule has 0 saturated carbocycles. The third kappa shape index (κ3) is 5.14. The molecule has 1 rings (SSSR count). The van der Waals surface area contributed by atoms with Gasteiger partial charge in [0.15, 0.2) is 0 Å². The fourth-order valence-electron chi connectivity index (χ4n) is 1.38. The first kappa shape index (κ1) is 13.2. The van der Waals surface area contributed by atoms with Crippen LogP contribution < -0.4 is 5.32 Å². The summed E-state index contributed by atoms with van der Waals surface area (Å²) in [6, 6.07) is 1.74. The molecule has 1 aromatic rings. The van der Waals surface area contributed by atoms with Crippen LogP contribution in [0.25, 0.3) is 0 Å². The Balaban J connectivity index is 2.10. The Hall–Kier alpha value is -1.85. The van der Waals surface area contributed by atoms with E-state index in [0.717, 1.165) is 5.69 Å². The highest BCUT2D eigenvalue weighted by Gasteiger charge is 2.10. The van der Waals surface area contributed by atoms with E-state index in [-0.39, 0.29) is 18.2 Å². The monoisotopic (exact) mass is 239 g/mol. The average Bonchev–Trinajstić information content (AvgIpc) is 2.76. The molecule has 1 heterocycles. The number of rotatable bonds is 7. The Morgan fingerprint density at radius 3 is 2.94 bits per heavy atom. The topological polar surface area (TPSA) is 95.1 Å². The maximum absolute atomic E-state index is 11.4. The van der Waals surface area contributed by atoms with Crippen LogP contribution >= 0.6 is 0 Å². The molecule has 0 bridgehead atoms. The maximum Gasteiger partial charge on any atom is 0.306 e. The van der Waals surface area contributed by atoms with E-state index in [0.29, 0.717) is 19.4 Å². The molecule has 17 heavy (non-hydrogen) atoms. The van der Waals surface area contributed by atoms with Gasteiger partial charge in [-0.05, 0) is 18.9 Å². The summed E-state index contributed by atoms with van der Waals surface area (Å²) in [5, 5.41) is 17.8. The van der Waals surface area contributed by atoms with E-state index in [1.165, 1.54) is 0 Å². The highest BCUT2D eigenvalue weighted by atomic mass is 16.4. The molecule has 1 aromatic heterocycles. The number of carboxylic acids is 1. The third-order valence-electron chi connectivity index (χ3n) is 2.47. The fraction of sp³-hybridized carbons (Fsp3) is 0.545. The first-order valence-electron chi connectivity index (χ1n) is 5.57. The lowest BCUT2D eigenvalue weighted by atomic mass is 10.1. The number of aliphatic carboxylic acids is 1. The minimum atomic E-state index is -0.797. The quantitative estimate of drug-likeness (QED) is 0.606. The molecule has 0 aromatic carbocycles. The summed E-state index contributed by atoms with van der Waals surface area (Å²) in [5.41, 5.74) is 0.765. The molecule has 0 aliphatic heterocycles. The Morgan fingerprint density at radius 2 is 2.35 bits per heavy atom. The number of aromatic nitrogens is 2. The molecule has 1 atom stereocenters. The number of carbonyl (C=O) groups is 2. The van der Waals surface area contributed by atoms with Gasteiger partial charge in [0.05, 0.1) is 12.3 Å². The van der Waals surface area contributed by atoms with Crippen LogP contribution in [-0.2, 0) is 16.0 Å². The van der Waals surface area contributed by atoms with Crippen LogP contribution in [0.4, 0.5) is 0 Å². The molecule has 0 aliphatic carbocycles. The van der Waals surface area contributed by atoms with Crippen LogP contribution in [0, 0.1) is 5.92 Å². The number of hydrogen-bond donors (Lipinski definition) is 3. The van der Waals surface area contributed by atoms with Gasteiger partial charge in [-0.2, -0.15) is 5.10 Å². The predicted octanol–water partition coefficient (Wildman–Crippen LogP) is 0.569. The molecular weight excluding hydrogens is 222 g/mol. The molecular formula is C11H17N3O3. The van der Waals surface area contributed by atoms with Gasteiger partial charge in [0.2, 0.25) is 5.91 Å². The van der Waals surface area contributed by atoms with Crippen molar-refractivity contribution in [1.29, 1.82) is 0 Å². The SMILES string of the molecule is CC(CCCNC(=O)Cc1ccn[nH]1)C(=O)O. The van der Waals surface area contributed by atoms with E-state index >= 15 is 0 Å². The van der Waals surface area contributed by atoms with Crippen molar-refractivity contribution in [3.63, 3.8) is 0 Å². The van der Waals surface area contributed by atoms with Gasteiger partial charge in [-0.1, -0.05) is 6.92 Å². The zero-order chi connectivity index (χ0) is 12.7. The van der Waals surface area contributed by atoms with Gasteiger partial charge in [-0.25, -0.2) is 0 Å². The highest BCUT2D eigenvalue weighted by molar-refractivity contribution is 5.78. The Bertz CT molecular complexity index is 362. The number of carboxylic acid groups (broad SMARTS) is 1. The standard InChI is InChI=1S/C11H17N3O3/c1-8(11(16)17)3-2-5-12-10(15)7-9-4-6-13-14-9/h4,6,8H,2-3,5,7H2,1H3,(H,12,15)(H,13,14)(H,16,17). The first-order chi connectivity index (χ1) is 8.09. The molecule has 0 fully saturated rings. The van der Waals surface area contributed by atoms with Crippen LogP contribution in [0.5, 0.6) is 0 Å². The van der Waals surface area contributed by atoms with E-state index in [9.17, 15) is 9.59 Å². The molecule has 6 heteroatoms. The number of amides is 1. The summed E-state index contributed by atoms with van der Waals surface area (Å²) in [6.45, 7) is 2.17. The second kappa shape index (κ2) is 6.67. The van der Waals surface area contributed by atoms with Crippen LogP contribution in [-0.4, -0.2) is 33.7 Å². The number of nitrogens with one attached hydrogen (secondary N) is 2. The predicted molar refractivity (Wildman–Crippen MR) is 61.3 cm³/mol. The lowest BCUT2D eigenvalue weighted by molar-refractivity contribution is -0.141. The van der Waals surface area contributed by atoms with Crippen molar-refractivity contribution in [3.05, 3.63) is 18.0 Å². The van der Waals surface area contributed by atoms with Gasteiger partial charge in [-0.3, -0.25) is 14.7 Å². The molecule has 1 unspecified atom stereocenters. The zero-order valence-corrected chi connectivity index (χ0v) is 9.77. The van der Waals surface area contributed by atoms with Gasteiger partial charge in [0, 0.05) is 18.4 Å². The average molecular weight is 239 g/mol. The van der Waals surface area contributed by atoms with Crippen LogP contribution in [0.2, 0.25) is 0 Å². The molecule has 0 radical (unpaired) electrons. The first-order valence-corrected chi connectivity index (χ1v) is 5.57. The Labute approximate surface area is 99.4 Å². The maximum atomic E-state index is 11.4. The highest BCUT2D eigenvalue weighted by Crippen LogP contribution is 2.04. The summed E-state index contributed by atoms with van der Waals surface area (Å²) in [4.78, 5) is 22.0.